The molecule has 100 valence electrons. The first-order chi connectivity index (χ1) is 9.61. The Hall–Kier alpha value is -2.62. The molecule has 0 amide bonds. The van der Waals surface area contributed by atoms with Gasteiger partial charge >= 0.3 is 0 Å². The van der Waals surface area contributed by atoms with E-state index in [2.05, 4.69) is 47.3 Å². The van der Waals surface area contributed by atoms with E-state index in [1.165, 1.54) is 11.1 Å². The van der Waals surface area contributed by atoms with Crippen LogP contribution >= 0.6 is 0 Å². The Morgan fingerprint density at radius 1 is 0.950 bits per heavy atom. The van der Waals surface area contributed by atoms with Crippen molar-refractivity contribution in [1.82, 2.24) is 9.97 Å². The van der Waals surface area contributed by atoms with E-state index < -0.39 is 0 Å². The van der Waals surface area contributed by atoms with Gasteiger partial charge in [0.25, 0.3) is 0 Å². The van der Waals surface area contributed by atoms with Gasteiger partial charge in [0.2, 0.25) is 5.95 Å². The molecule has 4 nitrogen and oxygen atoms in total. The first-order valence-corrected chi connectivity index (χ1v) is 6.49. The quantitative estimate of drug-likeness (QED) is 0.742. The Kier molecular flexibility index (Phi) is 2.99. The molecule has 0 unspecified atom stereocenters. The Balaban J connectivity index is 2.10. The Morgan fingerprint density at radius 2 is 1.65 bits per heavy atom. The number of nitrogens with zero attached hydrogens (tertiary/aromatic N) is 2. The van der Waals surface area contributed by atoms with Crippen LogP contribution in [0.5, 0.6) is 0 Å². The maximum Gasteiger partial charge on any atom is 0.222 e. The van der Waals surface area contributed by atoms with Gasteiger partial charge in [0.15, 0.2) is 0 Å². The average Bonchev–Trinajstić information content (AvgIpc) is 2.37. The molecule has 2 aromatic carbocycles. The molecule has 0 bridgehead atoms. The van der Waals surface area contributed by atoms with Crippen LogP contribution < -0.4 is 11.1 Å². The molecule has 0 spiro atoms. The number of nitrogens with one attached hydrogen (secondary N) is 1. The van der Waals surface area contributed by atoms with Gasteiger partial charge in [-0.2, -0.15) is 4.98 Å². The summed E-state index contributed by atoms with van der Waals surface area (Å²) in [7, 11) is 0. The molecule has 0 aliphatic carbocycles. The van der Waals surface area contributed by atoms with Crippen molar-refractivity contribution in [2.75, 3.05) is 11.1 Å². The van der Waals surface area contributed by atoms with Gasteiger partial charge in [-0.05, 0) is 49.2 Å². The van der Waals surface area contributed by atoms with Crippen LogP contribution in [0.25, 0.3) is 10.9 Å². The fourth-order valence-corrected chi connectivity index (χ4v) is 2.37. The predicted molar refractivity (Wildman–Crippen MR) is 83.1 cm³/mol. The number of benzene rings is 2. The van der Waals surface area contributed by atoms with Crippen molar-refractivity contribution in [3.63, 3.8) is 0 Å². The van der Waals surface area contributed by atoms with Gasteiger partial charge in [-0.25, -0.2) is 4.98 Å². The Bertz CT molecular complexity index is 760. The summed E-state index contributed by atoms with van der Waals surface area (Å²) >= 11 is 0. The summed E-state index contributed by atoms with van der Waals surface area (Å²) in [5.41, 5.74) is 10.0. The van der Waals surface area contributed by atoms with Crippen molar-refractivity contribution in [1.29, 1.82) is 0 Å². The van der Waals surface area contributed by atoms with Crippen LogP contribution in [0, 0.1) is 13.8 Å². The second-order valence-electron chi connectivity index (χ2n) is 4.95. The number of aromatic nitrogens is 2. The minimum Gasteiger partial charge on any atom is -0.368 e. The summed E-state index contributed by atoms with van der Waals surface area (Å²) in [6.07, 6.45) is 0. The van der Waals surface area contributed by atoms with E-state index in [0.717, 1.165) is 22.4 Å². The van der Waals surface area contributed by atoms with E-state index in [-0.39, 0.29) is 5.95 Å². The van der Waals surface area contributed by atoms with Gasteiger partial charge in [0.05, 0.1) is 5.52 Å². The molecule has 1 heterocycles. The van der Waals surface area contributed by atoms with Gasteiger partial charge < -0.3 is 11.1 Å². The number of aryl methyl sites for hydroxylation is 2. The number of anilines is 3. The van der Waals surface area contributed by atoms with Crippen LogP contribution in [0.1, 0.15) is 11.1 Å². The average molecular weight is 264 g/mol. The van der Waals surface area contributed by atoms with E-state index in [9.17, 15) is 0 Å². The minimum atomic E-state index is 0.274. The largest absolute Gasteiger partial charge is 0.368 e. The topological polar surface area (TPSA) is 63.8 Å². The van der Waals surface area contributed by atoms with Crippen LogP contribution in [0.15, 0.2) is 42.5 Å². The van der Waals surface area contributed by atoms with Crippen molar-refractivity contribution >= 4 is 28.4 Å². The highest BCUT2D eigenvalue weighted by Gasteiger charge is 2.06. The van der Waals surface area contributed by atoms with E-state index in [0.29, 0.717) is 0 Å². The molecule has 0 aliphatic heterocycles. The molecule has 0 saturated carbocycles. The molecular weight excluding hydrogens is 248 g/mol. The molecule has 0 atom stereocenters. The predicted octanol–water partition coefficient (Wildman–Crippen LogP) is 3.57. The maximum atomic E-state index is 5.78. The molecule has 0 aliphatic rings. The van der Waals surface area contributed by atoms with Gasteiger partial charge in [0, 0.05) is 11.1 Å². The number of hydrogen-bond donors (Lipinski definition) is 2. The fraction of sp³-hybridized carbons (Fsp3) is 0.125. The van der Waals surface area contributed by atoms with Crippen LogP contribution in [-0.4, -0.2) is 9.97 Å². The highest BCUT2D eigenvalue weighted by molar-refractivity contribution is 5.91. The van der Waals surface area contributed by atoms with Gasteiger partial charge in [-0.3, -0.25) is 0 Å². The van der Waals surface area contributed by atoms with Crippen LogP contribution in [0.3, 0.4) is 0 Å². The number of fused-ring (bicyclic) bond motifs is 1. The standard InChI is InChI=1S/C16H16N4/c1-10-7-11(2)9-12(8-10)18-15-13-5-3-4-6-14(13)19-16(17)20-15/h3-9H,1-2H3,(H3,17,18,19,20). The molecule has 3 N–H and O–H groups in total. The lowest BCUT2D eigenvalue weighted by Gasteiger charge is -2.10. The first-order valence-electron chi connectivity index (χ1n) is 6.49. The second kappa shape index (κ2) is 4.81. The third kappa shape index (κ3) is 2.40. The smallest absolute Gasteiger partial charge is 0.222 e. The van der Waals surface area contributed by atoms with Gasteiger partial charge in [-0.15, -0.1) is 0 Å². The van der Waals surface area contributed by atoms with E-state index in [4.69, 9.17) is 5.73 Å². The third-order valence-electron chi connectivity index (χ3n) is 3.10. The minimum absolute atomic E-state index is 0.274. The summed E-state index contributed by atoms with van der Waals surface area (Å²) in [5.74, 6) is 1.01. The number of nitrogen functional groups attached to an aromatic ring is 1. The number of rotatable bonds is 2. The zero-order valence-electron chi connectivity index (χ0n) is 11.5. The maximum absolute atomic E-state index is 5.78. The summed E-state index contributed by atoms with van der Waals surface area (Å²) in [6, 6.07) is 14.1. The zero-order chi connectivity index (χ0) is 14.1. The lowest BCUT2D eigenvalue weighted by molar-refractivity contribution is 1.23. The molecule has 1 aromatic heterocycles. The van der Waals surface area contributed by atoms with Crippen molar-refractivity contribution in [3.8, 4) is 0 Å². The van der Waals surface area contributed by atoms with Gasteiger partial charge in [-0.1, -0.05) is 18.2 Å². The summed E-state index contributed by atoms with van der Waals surface area (Å²) in [4.78, 5) is 8.55. The zero-order valence-corrected chi connectivity index (χ0v) is 11.5. The molecule has 20 heavy (non-hydrogen) atoms. The SMILES string of the molecule is Cc1cc(C)cc(Nc2nc(N)nc3ccccc23)c1. The molecule has 0 fully saturated rings. The normalized spacial score (nSPS) is 10.7. The highest BCUT2D eigenvalue weighted by Crippen LogP contribution is 2.25. The first kappa shape index (κ1) is 12.4. The second-order valence-corrected chi connectivity index (χ2v) is 4.95. The molecule has 4 heteroatoms. The van der Waals surface area contributed by atoms with Crippen molar-refractivity contribution in [3.05, 3.63) is 53.6 Å². The fourth-order valence-electron chi connectivity index (χ4n) is 2.37. The molecular formula is C16H16N4. The number of hydrogen-bond acceptors (Lipinski definition) is 4. The Labute approximate surface area is 117 Å². The van der Waals surface area contributed by atoms with Crippen LogP contribution in [-0.2, 0) is 0 Å². The van der Waals surface area contributed by atoms with E-state index >= 15 is 0 Å². The summed E-state index contributed by atoms with van der Waals surface area (Å²) < 4.78 is 0. The van der Waals surface area contributed by atoms with Crippen LogP contribution in [0.2, 0.25) is 0 Å². The monoisotopic (exact) mass is 264 g/mol. The number of para-hydroxylation sites is 1. The molecule has 3 rings (SSSR count). The van der Waals surface area contributed by atoms with Crippen molar-refractivity contribution < 1.29 is 0 Å². The molecule has 3 aromatic rings. The third-order valence-corrected chi connectivity index (χ3v) is 3.10. The molecule has 0 saturated heterocycles. The van der Waals surface area contributed by atoms with Crippen molar-refractivity contribution in [2.24, 2.45) is 0 Å². The lowest BCUT2D eigenvalue weighted by Crippen LogP contribution is -2.01. The summed E-state index contributed by atoms with van der Waals surface area (Å²) in [5, 5.41) is 4.30. The summed E-state index contributed by atoms with van der Waals surface area (Å²) in [6.45, 7) is 4.15. The van der Waals surface area contributed by atoms with E-state index in [1.807, 2.05) is 24.3 Å². The lowest BCUT2D eigenvalue weighted by atomic mass is 10.1. The number of nitrogens with two attached hydrogens (primary N) is 1. The van der Waals surface area contributed by atoms with Gasteiger partial charge in [0.1, 0.15) is 5.82 Å². The van der Waals surface area contributed by atoms with Crippen molar-refractivity contribution in [2.45, 2.75) is 13.8 Å². The van der Waals surface area contributed by atoms with E-state index in [1.54, 1.807) is 0 Å². The molecule has 0 radical (unpaired) electrons. The highest BCUT2D eigenvalue weighted by atomic mass is 15.1. The Morgan fingerprint density at radius 3 is 2.40 bits per heavy atom. The van der Waals surface area contributed by atoms with Crippen LogP contribution in [0.4, 0.5) is 17.5 Å².